The standard InChI is InChI=1S/C44H50N8/c1-5-27-45-37(11-1)21-31-51(32-22-38-12-2-6-28-46-38)35-25-43-17-9-15-41(49-43)19-20-42-16-10-18-44(50-42)26-36-52(33-23-39-13-3-7-29-47-39)34-24-40-14-4-8-30-48-40/h1-18,27-30H,19-26,31-36H2. The van der Waals surface area contributed by atoms with E-state index >= 15 is 0 Å². The second-order valence-corrected chi connectivity index (χ2v) is 13.2. The Kier molecular flexibility index (Phi) is 14.5. The van der Waals surface area contributed by atoms with E-state index in [9.17, 15) is 0 Å². The first-order valence-electron chi connectivity index (χ1n) is 18.7. The van der Waals surface area contributed by atoms with Crippen LogP contribution >= 0.6 is 0 Å². The van der Waals surface area contributed by atoms with Crippen molar-refractivity contribution < 1.29 is 0 Å². The van der Waals surface area contributed by atoms with Crippen molar-refractivity contribution in [2.24, 2.45) is 0 Å². The van der Waals surface area contributed by atoms with Gasteiger partial charge < -0.3 is 9.80 Å². The summed E-state index contributed by atoms with van der Waals surface area (Å²) in [5.41, 5.74) is 9.02. The van der Waals surface area contributed by atoms with Gasteiger partial charge in [-0.2, -0.15) is 0 Å². The van der Waals surface area contributed by atoms with Gasteiger partial charge in [-0.1, -0.05) is 36.4 Å². The van der Waals surface area contributed by atoms with Crippen LogP contribution in [0.5, 0.6) is 0 Å². The first kappa shape index (κ1) is 36.6. The zero-order valence-corrected chi connectivity index (χ0v) is 30.2. The van der Waals surface area contributed by atoms with E-state index < -0.39 is 0 Å². The molecular weight excluding hydrogens is 641 g/mol. The van der Waals surface area contributed by atoms with Crippen molar-refractivity contribution in [2.75, 3.05) is 39.3 Å². The van der Waals surface area contributed by atoms with E-state index in [2.05, 4.69) is 115 Å². The van der Waals surface area contributed by atoms with Crippen LogP contribution in [0.4, 0.5) is 0 Å². The second kappa shape index (κ2) is 20.6. The van der Waals surface area contributed by atoms with E-state index in [-0.39, 0.29) is 0 Å². The fourth-order valence-corrected chi connectivity index (χ4v) is 6.36. The molecule has 52 heavy (non-hydrogen) atoms. The van der Waals surface area contributed by atoms with Crippen LogP contribution in [0.3, 0.4) is 0 Å². The summed E-state index contributed by atoms with van der Waals surface area (Å²) in [6.45, 7) is 5.71. The largest absolute Gasteiger partial charge is 0.302 e. The third-order valence-corrected chi connectivity index (χ3v) is 9.38. The number of hydrogen-bond donors (Lipinski definition) is 0. The predicted molar refractivity (Wildman–Crippen MR) is 208 cm³/mol. The highest BCUT2D eigenvalue weighted by Crippen LogP contribution is 2.10. The number of nitrogens with zero attached hydrogens (tertiary/aromatic N) is 8. The molecule has 0 atom stereocenters. The molecule has 0 radical (unpaired) electrons. The van der Waals surface area contributed by atoms with Crippen LogP contribution in [0, 0.1) is 0 Å². The minimum atomic E-state index is 0.869. The molecular formula is C44H50N8. The van der Waals surface area contributed by atoms with Gasteiger partial charge in [0.15, 0.2) is 0 Å². The first-order chi connectivity index (χ1) is 25.7. The summed E-state index contributed by atoms with van der Waals surface area (Å²) < 4.78 is 0. The average molecular weight is 691 g/mol. The number of rotatable bonds is 21. The van der Waals surface area contributed by atoms with E-state index in [0.29, 0.717) is 0 Å². The Balaban J connectivity index is 1.00. The Morgan fingerprint density at radius 3 is 0.788 bits per heavy atom. The fourth-order valence-electron chi connectivity index (χ4n) is 6.36. The highest BCUT2D eigenvalue weighted by Gasteiger charge is 2.11. The molecule has 6 aromatic rings. The van der Waals surface area contributed by atoms with E-state index in [0.717, 1.165) is 136 Å². The van der Waals surface area contributed by atoms with Crippen molar-refractivity contribution in [3.63, 3.8) is 0 Å². The van der Waals surface area contributed by atoms with E-state index in [1.54, 1.807) is 0 Å². The van der Waals surface area contributed by atoms with Gasteiger partial charge in [0, 0.05) is 148 Å². The van der Waals surface area contributed by atoms with Gasteiger partial charge in [-0.25, -0.2) is 0 Å². The lowest BCUT2D eigenvalue weighted by atomic mass is 10.1. The highest BCUT2D eigenvalue weighted by molar-refractivity contribution is 5.16. The van der Waals surface area contributed by atoms with Crippen LogP contribution in [0.1, 0.15) is 45.6 Å². The summed E-state index contributed by atoms with van der Waals surface area (Å²) in [5, 5.41) is 0. The summed E-state index contributed by atoms with van der Waals surface area (Å²) >= 11 is 0. The summed E-state index contributed by atoms with van der Waals surface area (Å²) in [5.74, 6) is 0. The van der Waals surface area contributed by atoms with Crippen molar-refractivity contribution in [3.8, 4) is 0 Å². The molecule has 0 aliphatic heterocycles. The van der Waals surface area contributed by atoms with Crippen LogP contribution in [-0.2, 0) is 51.4 Å². The monoisotopic (exact) mass is 690 g/mol. The lowest BCUT2D eigenvalue weighted by Crippen LogP contribution is -2.31. The molecule has 6 heterocycles. The van der Waals surface area contributed by atoms with Crippen molar-refractivity contribution in [3.05, 3.63) is 180 Å². The van der Waals surface area contributed by atoms with Crippen LogP contribution in [0.2, 0.25) is 0 Å². The summed E-state index contributed by atoms with van der Waals surface area (Å²) in [6.07, 6.45) is 14.8. The van der Waals surface area contributed by atoms with Crippen LogP contribution in [-0.4, -0.2) is 79.0 Å². The van der Waals surface area contributed by atoms with Crippen molar-refractivity contribution in [2.45, 2.75) is 51.4 Å². The number of aryl methyl sites for hydroxylation is 2. The van der Waals surface area contributed by atoms with E-state index in [1.807, 2.05) is 49.1 Å². The van der Waals surface area contributed by atoms with E-state index in [1.165, 1.54) is 0 Å². The Bertz CT molecular complexity index is 1630. The smallest absolute Gasteiger partial charge is 0.0419 e. The third kappa shape index (κ3) is 12.9. The zero-order valence-electron chi connectivity index (χ0n) is 30.2. The van der Waals surface area contributed by atoms with Gasteiger partial charge in [0.25, 0.3) is 0 Å². The molecule has 0 fully saturated rings. The summed E-state index contributed by atoms with van der Waals surface area (Å²) in [7, 11) is 0. The molecule has 0 N–H and O–H groups in total. The maximum atomic E-state index is 5.07. The van der Waals surface area contributed by atoms with Crippen LogP contribution < -0.4 is 0 Å². The maximum absolute atomic E-state index is 5.07. The maximum Gasteiger partial charge on any atom is 0.0419 e. The van der Waals surface area contributed by atoms with Gasteiger partial charge in [-0.3, -0.25) is 29.9 Å². The van der Waals surface area contributed by atoms with Crippen LogP contribution in [0.15, 0.2) is 134 Å². The number of pyridine rings is 6. The minimum Gasteiger partial charge on any atom is -0.302 e. The van der Waals surface area contributed by atoms with Crippen molar-refractivity contribution in [1.29, 1.82) is 0 Å². The lowest BCUT2D eigenvalue weighted by Gasteiger charge is -2.22. The normalized spacial score (nSPS) is 11.3. The zero-order chi connectivity index (χ0) is 35.5. The molecule has 266 valence electrons. The molecule has 6 aromatic heterocycles. The molecule has 0 saturated carbocycles. The second-order valence-electron chi connectivity index (χ2n) is 13.2. The molecule has 0 unspecified atom stereocenters. The molecule has 0 spiro atoms. The van der Waals surface area contributed by atoms with Crippen LogP contribution in [0.25, 0.3) is 0 Å². The molecule has 8 heteroatoms. The Morgan fingerprint density at radius 1 is 0.269 bits per heavy atom. The Morgan fingerprint density at radius 2 is 0.519 bits per heavy atom. The summed E-state index contributed by atoms with van der Waals surface area (Å²) in [6, 6.07) is 37.5. The van der Waals surface area contributed by atoms with Gasteiger partial charge in [0.2, 0.25) is 0 Å². The third-order valence-electron chi connectivity index (χ3n) is 9.38. The van der Waals surface area contributed by atoms with Crippen molar-refractivity contribution >= 4 is 0 Å². The fraction of sp³-hybridized carbons (Fsp3) is 0.318. The predicted octanol–water partition coefficient (Wildman–Crippen LogP) is 6.50. The first-order valence-corrected chi connectivity index (χ1v) is 18.7. The SMILES string of the molecule is c1ccc(CCN(CCc2ccccn2)CCc2cccc(CCc3cccc(CCN(CCc4ccccn4)CCc4ccccn4)n3)n2)nc1. The quantitative estimate of drug-likeness (QED) is 0.0847. The minimum absolute atomic E-state index is 0.869. The molecule has 8 nitrogen and oxygen atoms in total. The molecule has 0 bridgehead atoms. The average Bonchev–Trinajstić information content (AvgIpc) is 3.21. The number of hydrogen-bond acceptors (Lipinski definition) is 8. The molecule has 0 aliphatic rings. The lowest BCUT2D eigenvalue weighted by molar-refractivity contribution is 0.281. The summed E-state index contributed by atoms with van der Waals surface area (Å²) in [4.78, 5) is 33.3. The molecule has 6 rings (SSSR count). The van der Waals surface area contributed by atoms with E-state index in [4.69, 9.17) is 9.97 Å². The highest BCUT2D eigenvalue weighted by atomic mass is 15.1. The van der Waals surface area contributed by atoms with Gasteiger partial charge in [-0.05, 0) is 85.6 Å². The van der Waals surface area contributed by atoms with Gasteiger partial charge in [-0.15, -0.1) is 0 Å². The van der Waals surface area contributed by atoms with Gasteiger partial charge in [0.05, 0.1) is 0 Å². The molecule has 0 aliphatic carbocycles. The van der Waals surface area contributed by atoms with Gasteiger partial charge in [0.1, 0.15) is 0 Å². The Labute approximate surface area is 309 Å². The molecule has 0 aromatic carbocycles. The Hall–Kier alpha value is -5.18. The number of aromatic nitrogens is 6. The topological polar surface area (TPSA) is 83.8 Å². The van der Waals surface area contributed by atoms with Gasteiger partial charge >= 0.3 is 0 Å². The molecule has 0 saturated heterocycles. The molecule has 0 amide bonds. The van der Waals surface area contributed by atoms with Crippen molar-refractivity contribution in [1.82, 2.24) is 39.7 Å².